The van der Waals surface area contributed by atoms with E-state index in [1.165, 1.54) is 12.8 Å². The van der Waals surface area contributed by atoms with E-state index < -0.39 is 11.9 Å². The van der Waals surface area contributed by atoms with Gasteiger partial charge in [0.25, 0.3) is 0 Å². The van der Waals surface area contributed by atoms with Crippen LogP contribution >= 0.6 is 0 Å². The highest BCUT2D eigenvalue weighted by molar-refractivity contribution is 5.77. The molecule has 106 valence electrons. The van der Waals surface area contributed by atoms with Gasteiger partial charge >= 0.3 is 12.0 Å². The minimum Gasteiger partial charge on any atom is -0.481 e. The number of rotatable bonds is 3. The Hall–Kier alpha value is -1.26. The molecule has 3 rings (SSSR count). The molecule has 0 aromatic carbocycles. The van der Waals surface area contributed by atoms with Crippen molar-refractivity contribution in [2.45, 2.75) is 38.6 Å². The van der Waals surface area contributed by atoms with Crippen molar-refractivity contribution in [2.24, 2.45) is 23.7 Å². The number of hydrogen-bond donors (Lipinski definition) is 2. The van der Waals surface area contributed by atoms with Crippen molar-refractivity contribution in [3.63, 3.8) is 0 Å². The smallest absolute Gasteiger partial charge is 0.317 e. The predicted molar refractivity (Wildman–Crippen MR) is 69.6 cm³/mol. The summed E-state index contributed by atoms with van der Waals surface area (Å²) in [6.07, 6.45) is 4.42. The molecular formula is C14H22N2O3. The highest BCUT2D eigenvalue weighted by Crippen LogP contribution is 2.50. The van der Waals surface area contributed by atoms with Crippen LogP contribution in [0.4, 0.5) is 4.79 Å². The molecule has 0 bridgehead atoms. The Morgan fingerprint density at radius 1 is 1.21 bits per heavy atom. The van der Waals surface area contributed by atoms with Gasteiger partial charge < -0.3 is 15.3 Å². The van der Waals surface area contributed by atoms with Crippen LogP contribution in [0.3, 0.4) is 0 Å². The van der Waals surface area contributed by atoms with Crippen molar-refractivity contribution in [1.82, 2.24) is 10.2 Å². The van der Waals surface area contributed by atoms with E-state index in [1.807, 2.05) is 6.92 Å². The lowest BCUT2D eigenvalue weighted by Crippen LogP contribution is -2.50. The predicted octanol–water partition coefficient (Wildman–Crippen LogP) is 1.54. The van der Waals surface area contributed by atoms with E-state index in [2.05, 4.69) is 5.32 Å². The number of aliphatic carboxylic acids is 1. The second-order valence-electron chi connectivity index (χ2n) is 6.57. The van der Waals surface area contributed by atoms with Crippen molar-refractivity contribution in [1.29, 1.82) is 0 Å². The highest BCUT2D eigenvalue weighted by atomic mass is 16.4. The molecule has 3 aliphatic rings. The van der Waals surface area contributed by atoms with Gasteiger partial charge in [0.15, 0.2) is 0 Å². The van der Waals surface area contributed by atoms with Crippen molar-refractivity contribution in [2.75, 3.05) is 13.1 Å². The molecule has 0 aromatic rings. The fourth-order valence-electron chi connectivity index (χ4n) is 3.37. The van der Waals surface area contributed by atoms with E-state index in [9.17, 15) is 9.59 Å². The highest BCUT2D eigenvalue weighted by Gasteiger charge is 2.48. The first-order valence-corrected chi connectivity index (χ1v) is 7.33. The molecule has 5 heteroatoms. The number of hydrogen-bond acceptors (Lipinski definition) is 2. The van der Waals surface area contributed by atoms with Crippen LogP contribution in [0.5, 0.6) is 0 Å². The summed E-state index contributed by atoms with van der Waals surface area (Å²) in [7, 11) is 0. The van der Waals surface area contributed by atoms with Gasteiger partial charge in [-0.1, -0.05) is 6.92 Å². The van der Waals surface area contributed by atoms with Crippen molar-refractivity contribution < 1.29 is 14.7 Å². The molecule has 2 aliphatic carbocycles. The molecule has 4 atom stereocenters. The van der Waals surface area contributed by atoms with E-state index in [4.69, 9.17) is 5.11 Å². The third-order valence-electron chi connectivity index (χ3n) is 4.67. The Kier molecular flexibility index (Phi) is 3.15. The van der Waals surface area contributed by atoms with Gasteiger partial charge in [0.05, 0.1) is 5.92 Å². The summed E-state index contributed by atoms with van der Waals surface area (Å²) < 4.78 is 0. The summed E-state index contributed by atoms with van der Waals surface area (Å²) >= 11 is 0. The minimum atomic E-state index is -0.786. The third kappa shape index (κ3) is 2.85. The molecule has 2 amide bonds. The number of piperidine rings is 1. The number of likely N-dealkylation sites (tertiary alicyclic amines) is 1. The lowest BCUT2D eigenvalue weighted by molar-refractivity contribution is -0.143. The molecule has 1 aliphatic heterocycles. The zero-order valence-corrected chi connectivity index (χ0v) is 11.3. The maximum atomic E-state index is 12.2. The second-order valence-corrected chi connectivity index (χ2v) is 6.57. The molecule has 2 N–H and O–H groups in total. The van der Waals surface area contributed by atoms with Gasteiger partial charge in [-0.2, -0.15) is 0 Å². The van der Waals surface area contributed by atoms with Gasteiger partial charge in [-0.3, -0.25) is 4.79 Å². The summed E-state index contributed by atoms with van der Waals surface area (Å²) in [6, 6.07) is 0.284. The van der Waals surface area contributed by atoms with Gasteiger partial charge in [0.2, 0.25) is 0 Å². The molecule has 19 heavy (non-hydrogen) atoms. The maximum absolute atomic E-state index is 12.2. The van der Waals surface area contributed by atoms with Gasteiger partial charge in [-0.05, 0) is 43.4 Å². The summed E-state index contributed by atoms with van der Waals surface area (Å²) in [4.78, 5) is 25.0. The quantitative estimate of drug-likeness (QED) is 0.814. The zero-order chi connectivity index (χ0) is 13.6. The van der Waals surface area contributed by atoms with Crippen LogP contribution in [0.15, 0.2) is 0 Å². The van der Waals surface area contributed by atoms with Crippen molar-refractivity contribution in [3.05, 3.63) is 0 Å². The molecule has 2 saturated carbocycles. The van der Waals surface area contributed by atoms with Gasteiger partial charge in [0.1, 0.15) is 0 Å². The van der Waals surface area contributed by atoms with Gasteiger partial charge in [0, 0.05) is 19.1 Å². The summed E-state index contributed by atoms with van der Waals surface area (Å²) in [5, 5.41) is 12.2. The summed E-state index contributed by atoms with van der Waals surface area (Å²) in [5.74, 6) is 0.609. The average molecular weight is 266 g/mol. The van der Waals surface area contributed by atoms with Crippen LogP contribution in [-0.4, -0.2) is 41.1 Å². The van der Waals surface area contributed by atoms with E-state index in [1.54, 1.807) is 4.90 Å². The van der Waals surface area contributed by atoms with E-state index in [0.29, 0.717) is 31.5 Å². The monoisotopic (exact) mass is 266 g/mol. The number of nitrogens with one attached hydrogen (secondary N) is 1. The third-order valence-corrected chi connectivity index (χ3v) is 4.67. The SMILES string of the molecule is CC1CC(C(=O)O)CN(C(=O)N[C@@H]2C[C@H]2C2CC2)C1. The number of carboxylic acid groups (broad SMARTS) is 1. The zero-order valence-electron chi connectivity index (χ0n) is 11.3. The van der Waals surface area contributed by atoms with E-state index in [-0.39, 0.29) is 11.9 Å². The van der Waals surface area contributed by atoms with Gasteiger partial charge in [-0.25, -0.2) is 4.79 Å². The van der Waals surface area contributed by atoms with Crippen LogP contribution in [0.2, 0.25) is 0 Å². The molecule has 0 radical (unpaired) electrons. The normalized spacial score (nSPS) is 37.8. The number of amides is 2. The molecule has 0 spiro atoms. The van der Waals surface area contributed by atoms with Crippen molar-refractivity contribution in [3.8, 4) is 0 Å². The average Bonchev–Trinajstić information content (AvgIpc) is 3.21. The van der Waals surface area contributed by atoms with Crippen molar-refractivity contribution >= 4 is 12.0 Å². The van der Waals surface area contributed by atoms with Crippen LogP contribution in [-0.2, 0) is 4.79 Å². The number of nitrogens with zero attached hydrogens (tertiary/aromatic N) is 1. The topological polar surface area (TPSA) is 69.6 Å². The number of carbonyl (C=O) groups excluding carboxylic acids is 1. The lowest BCUT2D eigenvalue weighted by Gasteiger charge is -2.34. The molecular weight excluding hydrogens is 244 g/mol. The minimum absolute atomic E-state index is 0.0639. The van der Waals surface area contributed by atoms with E-state index >= 15 is 0 Å². The van der Waals surface area contributed by atoms with Gasteiger partial charge in [-0.15, -0.1) is 0 Å². The van der Waals surface area contributed by atoms with Crippen LogP contribution < -0.4 is 5.32 Å². The Balaban J connectivity index is 1.52. The largest absolute Gasteiger partial charge is 0.481 e. The maximum Gasteiger partial charge on any atom is 0.317 e. The first-order chi connectivity index (χ1) is 9.04. The first-order valence-electron chi connectivity index (χ1n) is 7.33. The van der Waals surface area contributed by atoms with E-state index in [0.717, 1.165) is 12.3 Å². The first kappa shape index (κ1) is 12.8. The molecule has 5 nitrogen and oxygen atoms in total. The van der Waals surface area contributed by atoms with Crippen LogP contribution in [0, 0.1) is 23.7 Å². The Bertz CT molecular complexity index is 394. The van der Waals surface area contributed by atoms with Crippen LogP contribution in [0.1, 0.15) is 32.6 Å². The number of urea groups is 1. The Morgan fingerprint density at radius 3 is 2.58 bits per heavy atom. The standard InChI is InChI=1S/C14H22N2O3/c1-8-4-10(13(17)18)7-16(6-8)14(19)15-12-5-11(12)9-2-3-9/h8-12H,2-7H2,1H3,(H,15,19)(H,17,18)/t8?,10?,11-,12+/m0/s1. The summed E-state index contributed by atoms with van der Waals surface area (Å²) in [6.45, 7) is 3.04. The summed E-state index contributed by atoms with van der Waals surface area (Å²) in [5.41, 5.74) is 0. The lowest BCUT2D eigenvalue weighted by atomic mass is 9.91. The molecule has 3 fully saturated rings. The Morgan fingerprint density at radius 2 is 1.95 bits per heavy atom. The molecule has 0 aromatic heterocycles. The fourth-order valence-corrected chi connectivity index (χ4v) is 3.37. The number of carbonyl (C=O) groups is 2. The molecule has 2 unspecified atom stereocenters. The molecule has 1 saturated heterocycles. The fraction of sp³-hybridized carbons (Fsp3) is 0.857. The Labute approximate surface area is 113 Å². The molecule has 1 heterocycles. The number of carboxylic acids is 1. The van der Waals surface area contributed by atoms with Crippen LogP contribution in [0.25, 0.3) is 0 Å². The second kappa shape index (κ2) is 4.69.